The molecule has 0 atom stereocenters. The molecular formula is C24H19Cl3N2O. The molecule has 0 N–H and O–H groups in total. The molecular weight excluding hydrogens is 439 g/mol. The normalized spacial score (nSPS) is 13.6. The number of aromatic nitrogens is 2. The van der Waals surface area contributed by atoms with Gasteiger partial charge in [-0.3, -0.25) is 9.20 Å². The first-order valence-electron chi connectivity index (χ1n) is 9.94. The number of hydrogen-bond acceptors (Lipinski definition) is 1. The van der Waals surface area contributed by atoms with E-state index >= 15 is 0 Å². The maximum absolute atomic E-state index is 12.8. The first-order chi connectivity index (χ1) is 14.5. The molecule has 0 spiro atoms. The fraction of sp³-hybridized carbons (Fsp3) is 0.208. The van der Waals surface area contributed by atoms with Crippen LogP contribution in [0.15, 0.2) is 48.7 Å². The molecule has 30 heavy (non-hydrogen) atoms. The van der Waals surface area contributed by atoms with Crippen LogP contribution in [0.4, 0.5) is 0 Å². The van der Waals surface area contributed by atoms with Crippen LogP contribution in [0.5, 0.6) is 0 Å². The molecule has 4 aromatic rings. The topological polar surface area (TPSA) is 26.4 Å². The van der Waals surface area contributed by atoms with Crippen molar-refractivity contribution < 1.29 is 4.79 Å². The number of hydrogen-bond donors (Lipinski definition) is 0. The number of rotatable bonds is 3. The molecule has 0 fully saturated rings. The summed E-state index contributed by atoms with van der Waals surface area (Å²) in [4.78, 5) is 12.8. The zero-order chi connectivity index (χ0) is 21.0. The maximum Gasteiger partial charge on any atom is 0.177 e. The Balaban J connectivity index is 1.84. The molecule has 0 saturated heterocycles. The van der Waals surface area contributed by atoms with E-state index in [1.165, 1.54) is 5.56 Å². The molecule has 0 aliphatic carbocycles. The first-order valence-corrected chi connectivity index (χ1v) is 11.1. The molecule has 0 bridgehead atoms. The third-order valence-electron chi connectivity index (χ3n) is 5.82. The number of nitrogens with zero attached hydrogens (tertiary/aromatic N) is 2. The number of benzene rings is 2. The molecule has 1 aliphatic heterocycles. The molecule has 152 valence electrons. The minimum atomic E-state index is 0.0413. The lowest BCUT2D eigenvalue weighted by atomic mass is 9.97. The van der Waals surface area contributed by atoms with Gasteiger partial charge in [-0.1, -0.05) is 53.0 Å². The van der Waals surface area contributed by atoms with Crippen LogP contribution in [0, 0.1) is 0 Å². The van der Waals surface area contributed by atoms with E-state index in [1.54, 1.807) is 6.92 Å². The maximum atomic E-state index is 12.8. The van der Waals surface area contributed by atoms with Gasteiger partial charge >= 0.3 is 0 Å². The van der Waals surface area contributed by atoms with Crippen molar-refractivity contribution in [3.8, 4) is 22.4 Å². The van der Waals surface area contributed by atoms with Crippen LogP contribution in [0.2, 0.25) is 15.1 Å². The van der Waals surface area contributed by atoms with Gasteiger partial charge in [0.2, 0.25) is 0 Å². The van der Waals surface area contributed by atoms with Crippen LogP contribution < -0.4 is 0 Å². The lowest BCUT2D eigenvalue weighted by Crippen LogP contribution is -2.00. The third kappa shape index (κ3) is 3.08. The predicted octanol–water partition coefficient (Wildman–Crippen LogP) is 7.57. The highest BCUT2D eigenvalue weighted by Gasteiger charge is 2.28. The van der Waals surface area contributed by atoms with E-state index in [-0.39, 0.29) is 5.78 Å². The van der Waals surface area contributed by atoms with Crippen molar-refractivity contribution in [2.45, 2.75) is 32.7 Å². The molecule has 0 saturated carbocycles. The summed E-state index contributed by atoms with van der Waals surface area (Å²) in [5.41, 5.74) is 7.08. The highest BCUT2D eigenvalue weighted by molar-refractivity contribution is 6.42. The van der Waals surface area contributed by atoms with Gasteiger partial charge in [-0.05, 0) is 49.1 Å². The Morgan fingerprint density at radius 2 is 1.67 bits per heavy atom. The van der Waals surface area contributed by atoms with Gasteiger partial charge in [-0.15, -0.1) is 0 Å². The van der Waals surface area contributed by atoms with E-state index in [4.69, 9.17) is 34.8 Å². The second-order valence-electron chi connectivity index (χ2n) is 7.71. The van der Waals surface area contributed by atoms with E-state index < -0.39 is 0 Å². The molecule has 3 nitrogen and oxygen atoms in total. The van der Waals surface area contributed by atoms with Gasteiger partial charge in [-0.25, -0.2) is 0 Å². The Hall–Kier alpha value is -2.20. The van der Waals surface area contributed by atoms with Gasteiger partial charge in [0.25, 0.3) is 0 Å². The van der Waals surface area contributed by atoms with Gasteiger partial charge in [0.15, 0.2) is 5.78 Å². The summed E-state index contributed by atoms with van der Waals surface area (Å²) in [6, 6.07) is 13.4. The average Bonchev–Trinajstić information content (AvgIpc) is 3.13. The lowest BCUT2D eigenvalue weighted by Gasteiger charge is -2.09. The molecule has 2 aromatic heterocycles. The summed E-state index contributed by atoms with van der Waals surface area (Å²) in [5, 5.41) is 1.74. The number of Topliss-reactive ketones (excluding diaryl/α,β-unsaturated/α-hetero) is 1. The monoisotopic (exact) mass is 456 g/mol. The number of imidazole rings is 1. The van der Waals surface area contributed by atoms with Crippen LogP contribution in [0.3, 0.4) is 0 Å². The molecule has 1 aliphatic rings. The minimum Gasteiger partial charge on any atom is -0.325 e. The Bertz CT molecular complexity index is 1300. The minimum absolute atomic E-state index is 0.0413. The number of halogens is 3. The SMILES string of the molecule is CC(=O)c1c(-c2ccc(Cl)cc2)c2c3n(c(-c4ccc(Cl)c(Cl)c4)cn13)CCCC2. The molecule has 3 heterocycles. The van der Waals surface area contributed by atoms with Crippen LogP contribution >= 0.6 is 34.8 Å². The van der Waals surface area contributed by atoms with Crippen LogP contribution in [-0.4, -0.2) is 14.8 Å². The summed E-state index contributed by atoms with van der Waals surface area (Å²) in [6.07, 6.45) is 5.13. The highest BCUT2D eigenvalue weighted by Crippen LogP contribution is 2.40. The van der Waals surface area contributed by atoms with E-state index in [0.29, 0.717) is 20.8 Å². The third-order valence-corrected chi connectivity index (χ3v) is 6.81. The van der Waals surface area contributed by atoms with E-state index in [0.717, 1.165) is 53.8 Å². The van der Waals surface area contributed by atoms with Gasteiger partial charge < -0.3 is 4.57 Å². The Labute approximate surface area is 189 Å². The molecule has 0 amide bonds. The summed E-state index contributed by atoms with van der Waals surface area (Å²) >= 11 is 18.5. The van der Waals surface area contributed by atoms with Crippen molar-refractivity contribution in [1.29, 1.82) is 0 Å². The summed E-state index contributed by atoms with van der Waals surface area (Å²) < 4.78 is 4.37. The molecule has 5 rings (SSSR count). The zero-order valence-corrected chi connectivity index (χ0v) is 18.7. The Morgan fingerprint density at radius 3 is 2.37 bits per heavy atom. The van der Waals surface area contributed by atoms with Crippen LogP contribution in [-0.2, 0) is 13.0 Å². The van der Waals surface area contributed by atoms with Crippen molar-refractivity contribution >= 4 is 46.2 Å². The van der Waals surface area contributed by atoms with E-state index in [2.05, 4.69) is 15.2 Å². The molecule has 6 heteroatoms. The van der Waals surface area contributed by atoms with Crippen molar-refractivity contribution in [2.75, 3.05) is 0 Å². The summed E-state index contributed by atoms with van der Waals surface area (Å²) in [6.45, 7) is 2.52. The lowest BCUT2D eigenvalue weighted by molar-refractivity contribution is 0.101. The largest absolute Gasteiger partial charge is 0.325 e. The second-order valence-corrected chi connectivity index (χ2v) is 8.96. The highest BCUT2D eigenvalue weighted by atomic mass is 35.5. The molecule has 0 unspecified atom stereocenters. The molecule has 0 radical (unpaired) electrons. The predicted molar refractivity (Wildman–Crippen MR) is 124 cm³/mol. The Kier molecular flexibility index (Phi) is 4.93. The van der Waals surface area contributed by atoms with Crippen molar-refractivity contribution in [2.24, 2.45) is 0 Å². The van der Waals surface area contributed by atoms with E-state index in [9.17, 15) is 4.79 Å². The van der Waals surface area contributed by atoms with Gasteiger partial charge in [0, 0.05) is 41.4 Å². The van der Waals surface area contributed by atoms with Crippen LogP contribution in [0.1, 0.15) is 35.8 Å². The van der Waals surface area contributed by atoms with Gasteiger partial charge in [0.1, 0.15) is 5.65 Å². The fourth-order valence-electron chi connectivity index (χ4n) is 4.55. The van der Waals surface area contributed by atoms with Crippen molar-refractivity contribution in [3.63, 3.8) is 0 Å². The molecule has 2 aromatic carbocycles. The summed E-state index contributed by atoms with van der Waals surface area (Å²) in [5.74, 6) is 0.0413. The number of aryl methyl sites for hydroxylation is 2. The standard InChI is InChI=1S/C24H19Cl3N2O/c1-14(30)23-22(15-5-8-17(25)9-6-15)18-4-2-3-11-28-21(13-29(23)24(18)28)16-7-10-19(26)20(27)12-16/h5-10,12-13H,2-4,11H2,1H3. The number of carbonyl (C=O) groups is 1. The summed E-state index contributed by atoms with van der Waals surface area (Å²) in [7, 11) is 0. The average molecular weight is 458 g/mol. The van der Waals surface area contributed by atoms with Gasteiger partial charge in [-0.2, -0.15) is 0 Å². The van der Waals surface area contributed by atoms with Gasteiger partial charge in [0.05, 0.1) is 21.4 Å². The zero-order valence-electron chi connectivity index (χ0n) is 16.4. The Morgan fingerprint density at radius 1 is 0.933 bits per heavy atom. The van der Waals surface area contributed by atoms with Crippen molar-refractivity contribution in [1.82, 2.24) is 8.97 Å². The second kappa shape index (κ2) is 7.49. The number of carbonyl (C=O) groups excluding carboxylic acids is 1. The van der Waals surface area contributed by atoms with Crippen LogP contribution in [0.25, 0.3) is 28.0 Å². The number of ketones is 1. The van der Waals surface area contributed by atoms with Crippen molar-refractivity contribution in [3.05, 3.63) is 75.0 Å². The quantitative estimate of drug-likeness (QED) is 0.291. The fourth-order valence-corrected chi connectivity index (χ4v) is 4.97. The smallest absolute Gasteiger partial charge is 0.177 e. The van der Waals surface area contributed by atoms with E-state index in [1.807, 2.05) is 42.5 Å². The first kappa shape index (κ1) is 19.7.